The predicted molar refractivity (Wildman–Crippen MR) is 87.2 cm³/mol. The van der Waals surface area contributed by atoms with Crippen LogP contribution in [0.3, 0.4) is 0 Å². The number of imidazole rings is 1. The maximum Gasteiger partial charge on any atom is 0.261 e. The summed E-state index contributed by atoms with van der Waals surface area (Å²) in [6.45, 7) is 3.57. The summed E-state index contributed by atoms with van der Waals surface area (Å²) in [7, 11) is 1.90. The van der Waals surface area contributed by atoms with Crippen LogP contribution in [0.5, 0.6) is 5.75 Å². The highest BCUT2D eigenvalue weighted by molar-refractivity contribution is 5.78. The zero-order valence-electron chi connectivity index (χ0n) is 13.8. The summed E-state index contributed by atoms with van der Waals surface area (Å²) in [5.74, 6) is 0.282. The molecule has 2 aromatic rings. The molecule has 0 aliphatic carbocycles. The smallest absolute Gasteiger partial charge is 0.261 e. The largest absolute Gasteiger partial charge is 0.481 e. The summed E-state index contributed by atoms with van der Waals surface area (Å²) in [4.78, 5) is 18.7. The molecule has 1 atom stereocenters. The lowest BCUT2D eigenvalue weighted by atomic mass is 10.1. The molecule has 1 N–H and O–H groups in total. The molecule has 0 unspecified atom stereocenters. The van der Waals surface area contributed by atoms with Crippen LogP contribution in [0.1, 0.15) is 17.4 Å². The van der Waals surface area contributed by atoms with Crippen LogP contribution in [-0.4, -0.2) is 46.6 Å². The number of piperazine rings is 1. The number of nitrogens with one attached hydrogen (secondary N) is 1. The first-order valence-electron chi connectivity index (χ1n) is 7.92. The van der Waals surface area contributed by atoms with Gasteiger partial charge in [0, 0.05) is 39.1 Å². The Morgan fingerprint density at radius 1 is 1.50 bits per heavy atom. The number of rotatable bonds is 4. The molecular formula is C17H21FN4O2. The molecule has 0 spiro atoms. The van der Waals surface area contributed by atoms with Crippen molar-refractivity contribution in [1.82, 2.24) is 19.8 Å². The molecule has 2 heterocycles. The van der Waals surface area contributed by atoms with Crippen LogP contribution in [0.15, 0.2) is 30.6 Å². The van der Waals surface area contributed by atoms with E-state index in [1.54, 1.807) is 23.2 Å². The summed E-state index contributed by atoms with van der Waals surface area (Å²) in [6.07, 6.45) is 3.57. The van der Waals surface area contributed by atoms with E-state index in [4.69, 9.17) is 4.74 Å². The Balaban J connectivity index is 1.70. The van der Waals surface area contributed by atoms with Gasteiger partial charge in [0.15, 0.2) is 18.2 Å². The number of carbonyl (C=O) groups excluding carboxylic acids is 1. The fourth-order valence-corrected chi connectivity index (χ4v) is 2.88. The first kappa shape index (κ1) is 16.4. The number of aryl methyl sites for hydroxylation is 2. The van der Waals surface area contributed by atoms with E-state index < -0.39 is 5.82 Å². The first-order valence-corrected chi connectivity index (χ1v) is 7.92. The van der Waals surface area contributed by atoms with E-state index in [2.05, 4.69) is 10.3 Å². The van der Waals surface area contributed by atoms with E-state index in [0.717, 1.165) is 11.4 Å². The molecule has 128 valence electrons. The second-order valence-electron chi connectivity index (χ2n) is 5.93. The molecule has 24 heavy (non-hydrogen) atoms. The normalized spacial score (nSPS) is 17.8. The lowest BCUT2D eigenvalue weighted by molar-refractivity contribution is -0.137. The highest BCUT2D eigenvalue weighted by Crippen LogP contribution is 2.22. The standard InChI is InChI=1S/C17H21FN4O2/c1-12-3-4-13(18)15(9-12)24-11-16(23)22-8-5-19-10-14(22)17-20-6-7-21(17)2/h3-4,6-7,9,14,19H,5,8,10-11H2,1-2H3/t14-/m1/s1. The number of carbonyl (C=O) groups is 1. The lowest BCUT2D eigenvalue weighted by Crippen LogP contribution is -2.50. The topological polar surface area (TPSA) is 59.4 Å². The summed E-state index contributed by atoms with van der Waals surface area (Å²) in [6, 6.07) is 4.45. The van der Waals surface area contributed by atoms with Crippen molar-refractivity contribution in [1.29, 1.82) is 0 Å². The molecule has 7 heteroatoms. The fourth-order valence-electron chi connectivity index (χ4n) is 2.88. The van der Waals surface area contributed by atoms with Gasteiger partial charge >= 0.3 is 0 Å². The molecule has 1 aromatic carbocycles. The minimum Gasteiger partial charge on any atom is -0.481 e. The third kappa shape index (κ3) is 3.41. The number of ether oxygens (including phenoxy) is 1. The molecule has 0 radical (unpaired) electrons. The zero-order valence-corrected chi connectivity index (χ0v) is 13.8. The molecule has 0 bridgehead atoms. The molecule has 1 amide bonds. The predicted octanol–water partition coefficient (Wildman–Crippen LogP) is 1.42. The average molecular weight is 332 g/mol. The van der Waals surface area contributed by atoms with Crippen molar-refractivity contribution in [2.45, 2.75) is 13.0 Å². The van der Waals surface area contributed by atoms with Crippen molar-refractivity contribution >= 4 is 5.91 Å². The van der Waals surface area contributed by atoms with Crippen molar-refractivity contribution in [3.05, 3.63) is 47.8 Å². The maximum absolute atomic E-state index is 13.7. The van der Waals surface area contributed by atoms with Gasteiger partial charge in [-0.15, -0.1) is 0 Å². The minimum atomic E-state index is -0.464. The highest BCUT2D eigenvalue weighted by atomic mass is 19.1. The van der Waals surface area contributed by atoms with Crippen molar-refractivity contribution in [3.63, 3.8) is 0 Å². The van der Waals surface area contributed by atoms with Crippen LogP contribution in [0.2, 0.25) is 0 Å². The molecule has 1 saturated heterocycles. The maximum atomic E-state index is 13.7. The minimum absolute atomic E-state index is 0.104. The monoisotopic (exact) mass is 332 g/mol. The summed E-state index contributed by atoms with van der Waals surface area (Å²) < 4.78 is 21.1. The number of benzene rings is 1. The number of nitrogens with zero attached hydrogens (tertiary/aromatic N) is 3. The van der Waals surface area contributed by atoms with E-state index in [0.29, 0.717) is 19.6 Å². The Bertz CT molecular complexity index is 731. The number of aromatic nitrogens is 2. The Labute approximate surface area is 140 Å². The molecule has 1 aliphatic rings. The van der Waals surface area contributed by atoms with E-state index in [1.807, 2.05) is 24.7 Å². The Kier molecular flexibility index (Phi) is 4.80. The lowest BCUT2D eigenvalue weighted by Gasteiger charge is -2.35. The molecule has 1 aliphatic heterocycles. The van der Waals surface area contributed by atoms with Gasteiger partial charge in [-0.25, -0.2) is 9.37 Å². The van der Waals surface area contributed by atoms with E-state index in [-0.39, 0.29) is 24.3 Å². The van der Waals surface area contributed by atoms with E-state index in [1.165, 1.54) is 6.07 Å². The van der Waals surface area contributed by atoms with Crippen LogP contribution in [0.25, 0.3) is 0 Å². The average Bonchev–Trinajstić information content (AvgIpc) is 3.01. The van der Waals surface area contributed by atoms with Crippen molar-refractivity contribution in [3.8, 4) is 5.75 Å². The van der Waals surface area contributed by atoms with Gasteiger partial charge in [0.05, 0.1) is 0 Å². The van der Waals surface area contributed by atoms with Gasteiger partial charge in [-0.05, 0) is 24.6 Å². The van der Waals surface area contributed by atoms with Crippen molar-refractivity contribution in [2.24, 2.45) is 7.05 Å². The van der Waals surface area contributed by atoms with E-state index in [9.17, 15) is 9.18 Å². The zero-order chi connectivity index (χ0) is 17.1. The first-order chi connectivity index (χ1) is 11.6. The highest BCUT2D eigenvalue weighted by Gasteiger charge is 2.30. The number of hydrogen-bond acceptors (Lipinski definition) is 4. The van der Waals surface area contributed by atoms with Gasteiger partial charge in [-0.3, -0.25) is 4.79 Å². The van der Waals surface area contributed by atoms with Gasteiger partial charge in [-0.2, -0.15) is 0 Å². The van der Waals surface area contributed by atoms with Crippen molar-refractivity contribution in [2.75, 3.05) is 26.2 Å². The van der Waals surface area contributed by atoms with Crippen LogP contribution >= 0.6 is 0 Å². The van der Waals surface area contributed by atoms with Crippen LogP contribution < -0.4 is 10.1 Å². The molecular weight excluding hydrogens is 311 g/mol. The van der Waals surface area contributed by atoms with Gasteiger partial charge in [0.1, 0.15) is 11.9 Å². The SMILES string of the molecule is Cc1ccc(F)c(OCC(=O)N2CCNC[C@@H]2c2nccn2C)c1. The number of hydrogen-bond donors (Lipinski definition) is 1. The third-order valence-corrected chi connectivity index (χ3v) is 4.16. The van der Waals surface area contributed by atoms with Crippen LogP contribution in [-0.2, 0) is 11.8 Å². The van der Waals surface area contributed by atoms with Crippen molar-refractivity contribution < 1.29 is 13.9 Å². The number of amides is 1. The van der Waals surface area contributed by atoms with Crippen LogP contribution in [0.4, 0.5) is 4.39 Å². The Morgan fingerprint density at radius 3 is 3.08 bits per heavy atom. The van der Waals surface area contributed by atoms with Gasteiger partial charge in [0.2, 0.25) is 0 Å². The second-order valence-corrected chi connectivity index (χ2v) is 5.93. The van der Waals surface area contributed by atoms with Gasteiger partial charge in [-0.1, -0.05) is 6.07 Å². The third-order valence-electron chi connectivity index (χ3n) is 4.16. The molecule has 0 saturated carbocycles. The second kappa shape index (κ2) is 7.00. The van der Waals surface area contributed by atoms with Gasteiger partial charge < -0.3 is 19.5 Å². The molecule has 1 fully saturated rings. The molecule has 6 nitrogen and oxygen atoms in total. The quantitative estimate of drug-likeness (QED) is 0.920. The van der Waals surface area contributed by atoms with Crippen LogP contribution in [0, 0.1) is 12.7 Å². The summed E-state index contributed by atoms with van der Waals surface area (Å²) >= 11 is 0. The van der Waals surface area contributed by atoms with E-state index >= 15 is 0 Å². The summed E-state index contributed by atoms with van der Waals surface area (Å²) in [5, 5.41) is 3.28. The summed E-state index contributed by atoms with van der Waals surface area (Å²) in [5.41, 5.74) is 0.881. The molecule has 1 aromatic heterocycles. The molecule has 3 rings (SSSR count). The Morgan fingerprint density at radius 2 is 2.33 bits per heavy atom. The Hall–Kier alpha value is -2.41. The number of halogens is 1. The fraction of sp³-hybridized carbons (Fsp3) is 0.412. The van der Waals surface area contributed by atoms with Gasteiger partial charge in [0.25, 0.3) is 5.91 Å².